The van der Waals surface area contributed by atoms with Crippen molar-refractivity contribution in [3.8, 4) is 0 Å². The lowest BCUT2D eigenvalue weighted by Crippen LogP contribution is -2.47. The average Bonchev–Trinajstić information content (AvgIpc) is 2.93. The average molecular weight is 345 g/mol. The summed E-state index contributed by atoms with van der Waals surface area (Å²) < 4.78 is 26.5. The standard InChI is InChI=1S/C14H17F2N3O5/c1-5(21)17-11(13(24)12(23)10(22)4-20)14-18-8-2-6(15)7(16)3-9(8)19-14/h2-3,10-13,20,22-24H,4H2,1H3,(H,17,21)(H,18,19)/t10?,11?,12-,13-/m1/s1. The number of halogens is 2. The predicted octanol–water partition coefficient (Wildman–Crippen LogP) is -0.907. The number of aromatic nitrogens is 2. The molecule has 0 spiro atoms. The number of carbonyl (C=O) groups excluding carboxylic acids is 1. The third-order valence-electron chi connectivity index (χ3n) is 3.47. The molecule has 2 rings (SSSR count). The van der Waals surface area contributed by atoms with Crippen LogP contribution in [0.15, 0.2) is 12.1 Å². The zero-order chi connectivity index (χ0) is 18.0. The molecule has 0 fully saturated rings. The molecule has 0 aliphatic heterocycles. The minimum absolute atomic E-state index is 0.0450. The van der Waals surface area contributed by atoms with E-state index in [-0.39, 0.29) is 16.9 Å². The molecule has 1 heterocycles. The summed E-state index contributed by atoms with van der Waals surface area (Å²) in [7, 11) is 0. The van der Waals surface area contributed by atoms with Crippen molar-refractivity contribution in [3.63, 3.8) is 0 Å². The number of imidazole rings is 1. The van der Waals surface area contributed by atoms with Gasteiger partial charge in [0.25, 0.3) is 0 Å². The molecule has 10 heteroatoms. The number of hydrogen-bond donors (Lipinski definition) is 6. The van der Waals surface area contributed by atoms with Crippen molar-refractivity contribution in [3.05, 3.63) is 29.6 Å². The molecular formula is C14H17F2N3O5. The number of H-pyrrole nitrogens is 1. The van der Waals surface area contributed by atoms with Crippen LogP contribution in [0.1, 0.15) is 18.8 Å². The fourth-order valence-corrected chi connectivity index (χ4v) is 2.24. The maximum Gasteiger partial charge on any atom is 0.217 e. The van der Waals surface area contributed by atoms with Crippen molar-refractivity contribution < 1.29 is 34.0 Å². The van der Waals surface area contributed by atoms with E-state index in [1.165, 1.54) is 0 Å². The van der Waals surface area contributed by atoms with Crippen molar-refractivity contribution in [1.82, 2.24) is 15.3 Å². The number of amides is 1. The molecule has 4 atom stereocenters. The molecule has 1 aromatic carbocycles. The Hall–Kier alpha value is -2.14. The normalized spacial score (nSPS) is 16.6. The van der Waals surface area contributed by atoms with Crippen LogP contribution in [0.4, 0.5) is 8.78 Å². The van der Waals surface area contributed by atoms with Gasteiger partial charge in [-0.2, -0.15) is 0 Å². The number of benzene rings is 1. The van der Waals surface area contributed by atoms with Gasteiger partial charge >= 0.3 is 0 Å². The lowest BCUT2D eigenvalue weighted by atomic mass is 10.0. The van der Waals surface area contributed by atoms with E-state index in [1.807, 2.05) is 0 Å². The summed E-state index contributed by atoms with van der Waals surface area (Å²) in [6.45, 7) is 0.331. The maximum absolute atomic E-state index is 13.3. The van der Waals surface area contributed by atoms with Crippen molar-refractivity contribution >= 4 is 16.9 Å². The van der Waals surface area contributed by atoms with E-state index in [0.717, 1.165) is 19.1 Å². The van der Waals surface area contributed by atoms with Crippen molar-refractivity contribution in [2.24, 2.45) is 0 Å². The lowest BCUT2D eigenvalue weighted by Gasteiger charge is -2.28. The summed E-state index contributed by atoms with van der Waals surface area (Å²) in [5.41, 5.74) is 0.160. The van der Waals surface area contributed by atoms with E-state index in [4.69, 9.17) is 5.11 Å². The largest absolute Gasteiger partial charge is 0.394 e. The van der Waals surface area contributed by atoms with Crippen LogP contribution in [0.5, 0.6) is 0 Å². The van der Waals surface area contributed by atoms with Crippen molar-refractivity contribution in [2.75, 3.05) is 6.61 Å². The molecule has 24 heavy (non-hydrogen) atoms. The third kappa shape index (κ3) is 3.67. The quantitative estimate of drug-likeness (QED) is 0.401. The molecule has 132 valence electrons. The first kappa shape index (κ1) is 18.2. The van der Waals surface area contributed by atoms with Gasteiger partial charge in [0.15, 0.2) is 11.6 Å². The Kier molecular flexibility index (Phi) is 5.44. The molecule has 0 bridgehead atoms. The smallest absolute Gasteiger partial charge is 0.217 e. The SMILES string of the molecule is CC(=O)NC(c1nc2cc(F)c(F)cc2[nH]1)[C@@H](O)[C@H](O)C(O)CO. The van der Waals surface area contributed by atoms with Crippen molar-refractivity contribution in [1.29, 1.82) is 0 Å². The second-order valence-corrected chi connectivity index (χ2v) is 5.31. The summed E-state index contributed by atoms with van der Waals surface area (Å²) in [5.74, 6) is -2.89. The highest BCUT2D eigenvalue weighted by Gasteiger charge is 2.34. The summed E-state index contributed by atoms with van der Waals surface area (Å²) in [6, 6.07) is 0.385. The molecule has 0 aliphatic carbocycles. The molecule has 0 saturated carbocycles. The van der Waals surface area contributed by atoms with Crippen LogP contribution >= 0.6 is 0 Å². The fraction of sp³-hybridized carbons (Fsp3) is 0.429. The first-order valence-electron chi connectivity index (χ1n) is 7.01. The minimum Gasteiger partial charge on any atom is -0.394 e. The number of hydrogen-bond acceptors (Lipinski definition) is 6. The van der Waals surface area contributed by atoms with Gasteiger partial charge in [0.1, 0.15) is 30.2 Å². The zero-order valence-electron chi connectivity index (χ0n) is 12.6. The van der Waals surface area contributed by atoms with Crippen molar-refractivity contribution in [2.45, 2.75) is 31.3 Å². The maximum atomic E-state index is 13.3. The van der Waals surface area contributed by atoms with Gasteiger partial charge in [-0.3, -0.25) is 4.79 Å². The molecule has 2 unspecified atom stereocenters. The summed E-state index contributed by atoms with van der Waals surface area (Å²) >= 11 is 0. The second kappa shape index (κ2) is 7.18. The van der Waals surface area contributed by atoms with Crippen LogP contribution in [0.25, 0.3) is 11.0 Å². The molecule has 1 amide bonds. The first-order valence-corrected chi connectivity index (χ1v) is 7.01. The Bertz CT molecular complexity index is 700. The van der Waals surface area contributed by atoms with E-state index in [1.54, 1.807) is 0 Å². The van der Waals surface area contributed by atoms with E-state index >= 15 is 0 Å². The van der Waals surface area contributed by atoms with Gasteiger partial charge in [0.05, 0.1) is 17.6 Å². The number of fused-ring (bicyclic) bond motifs is 1. The summed E-state index contributed by atoms with van der Waals surface area (Å²) in [5, 5.41) is 40.6. The van der Waals surface area contributed by atoms with Crippen LogP contribution in [-0.2, 0) is 4.79 Å². The highest BCUT2D eigenvalue weighted by atomic mass is 19.2. The number of aromatic amines is 1. The van der Waals surface area contributed by atoms with E-state index in [0.29, 0.717) is 0 Å². The minimum atomic E-state index is -1.80. The summed E-state index contributed by atoms with van der Waals surface area (Å²) in [6.07, 6.45) is -5.20. The van der Waals surface area contributed by atoms with Crippen LogP contribution in [-0.4, -0.2) is 61.2 Å². The van der Waals surface area contributed by atoms with E-state index in [2.05, 4.69) is 15.3 Å². The number of rotatable bonds is 6. The number of aliphatic hydroxyl groups excluding tert-OH is 4. The van der Waals surface area contributed by atoms with Gasteiger partial charge in [-0.15, -0.1) is 0 Å². The number of aliphatic hydroxyl groups is 4. The number of carbonyl (C=O) groups is 1. The highest BCUT2D eigenvalue weighted by Crippen LogP contribution is 2.23. The second-order valence-electron chi connectivity index (χ2n) is 5.31. The Balaban J connectivity index is 2.42. The van der Waals surface area contributed by atoms with Crippen LogP contribution in [0, 0.1) is 11.6 Å². The molecule has 0 aliphatic rings. The Labute approximate surface area is 134 Å². The van der Waals surface area contributed by atoms with Gasteiger partial charge in [0.2, 0.25) is 5.91 Å². The lowest BCUT2D eigenvalue weighted by molar-refractivity contribution is -0.123. The molecule has 8 nitrogen and oxygen atoms in total. The predicted molar refractivity (Wildman–Crippen MR) is 77.7 cm³/mol. The van der Waals surface area contributed by atoms with Gasteiger partial charge in [-0.1, -0.05) is 0 Å². The summed E-state index contributed by atoms with van der Waals surface area (Å²) in [4.78, 5) is 17.9. The Morgan fingerprint density at radius 3 is 2.46 bits per heavy atom. The van der Waals surface area contributed by atoms with Crippen LogP contribution < -0.4 is 5.32 Å². The van der Waals surface area contributed by atoms with Gasteiger partial charge in [0, 0.05) is 19.1 Å². The number of nitrogens with zero attached hydrogens (tertiary/aromatic N) is 1. The van der Waals surface area contributed by atoms with Crippen LogP contribution in [0.2, 0.25) is 0 Å². The van der Waals surface area contributed by atoms with Gasteiger partial charge in [-0.25, -0.2) is 13.8 Å². The zero-order valence-corrected chi connectivity index (χ0v) is 12.6. The van der Waals surface area contributed by atoms with E-state index in [9.17, 15) is 28.9 Å². The first-order chi connectivity index (χ1) is 11.2. The Morgan fingerprint density at radius 2 is 1.88 bits per heavy atom. The third-order valence-corrected chi connectivity index (χ3v) is 3.47. The molecule has 0 radical (unpaired) electrons. The van der Waals surface area contributed by atoms with Crippen LogP contribution in [0.3, 0.4) is 0 Å². The topological polar surface area (TPSA) is 139 Å². The van der Waals surface area contributed by atoms with Gasteiger partial charge in [-0.05, 0) is 0 Å². The molecule has 0 saturated heterocycles. The molecular weight excluding hydrogens is 328 g/mol. The fourth-order valence-electron chi connectivity index (χ4n) is 2.24. The molecule has 1 aromatic heterocycles. The molecule has 6 N–H and O–H groups in total. The monoisotopic (exact) mass is 345 g/mol. The van der Waals surface area contributed by atoms with Gasteiger partial charge < -0.3 is 30.7 Å². The molecule has 2 aromatic rings. The Morgan fingerprint density at radius 1 is 1.25 bits per heavy atom. The highest BCUT2D eigenvalue weighted by molar-refractivity contribution is 5.76. The van der Waals surface area contributed by atoms with E-state index < -0.39 is 48.5 Å². The number of nitrogens with one attached hydrogen (secondary N) is 2.